The maximum absolute atomic E-state index is 13.5. The van der Waals surface area contributed by atoms with E-state index in [4.69, 9.17) is 25.8 Å². The molecule has 0 aliphatic carbocycles. The molecule has 6 amide bonds. The molecule has 0 spiro atoms. The quantitative estimate of drug-likeness (QED) is 0.162. The second kappa shape index (κ2) is 21.8. The molecule has 3 aliphatic rings. The number of aliphatic hydroxyl groups excluding tert-OH is 1. The summed E-state index contributed by atoms with van der Waals surface area (Å²) in [7, 11) is 0. The molecule has 0 saturated carbocycles. The van der Waals surface area contributed by atoms with Gasteiger partial charge < -0.3 is 19.3 Å². The molecule has 3 saturated heterocycles. The summed E-state index contributed by atoms with van der Waals surface area (Å²) >= 11 is 5.93. The summed E-state index contributed by atoms with van der Waals surface area (Å²) in [4.78, 5) is 103. The van der Waals surface area contributed by atoms with E-state index in [0.717, 1.165) is 11.0 Å². The number of carbonyl (C=O) groups is 9. The lowest BCUT2D eigenvalue weighted by atomic mass is 10.1. The van der Waals surface area contributed by atoms with Crippen molar-refractivity contribution in [2.75, 3.05) is 39.5 Å². The molecule has 3 aromatic rings. The zero-order valence-electron chi connectivity index (χ0n) is 31.1. The van der Waals surface area contributed by atoms with Gasteiger partial charge in [-0.25, -0.2) is 4.39 Å². The molecule has 3 fully saturated rings. The van der Waals surface area contributed by atoms with E-state index in [9.17, 15) is 52.6 Å². The molecule has 3 heterocycles. The molecule has 0 bridgehead atoms. The number of amides is 6. The molecule has 306 valence electrons. The Morgan fingerprint density at radius 3 is 1.26 bits per heavy atom. The summed E-state index contributed by atoms with van der Waals surface area (Å²) in [5, 5.41) is 9.54. The Morgan fingerprint density at radius 1 is 0.534 bits per heavy atom. The summed E-state index contributed by atoms with van der Waals surface area (Å²) in [6.45, 7) is 0.615. The Hall–Kier alpha value is -6.33. The highest BCUT2D eigenvalue weighted by Gasteiger charge is 2.30. The van der Waals surface area contributed by atoms with Gasteiger partial charge in [0, 0.05) is 60.8 Å². The molecule has 18 heteroatoms. The summed E-state index contributed by atoms with van der Waals surface area (Å²) in [6, 6.07) is 13.2. The minimum absolute atomic E-state index is 0.00954. The Bertz CT molecular complexity index is 1920. The average molecular weight is 824 g/mol. The molecule has 0 atom stereocenters. The SMILES string of the molecule is O=Cc1ccc(OCCN2C(=O)CCC2=O)c(CO)c1.O=Cc1ccc(OCCN2C(=O)CCC2=O)c(Cl)c1.O=Cc1ccc(OCCN2C(=O)CCC2=O)c(F)c1. The molecule has 6 rings (SSSR count). The fourth-order valence-electron chi connectivity index (χ4n) is 5.71. The molecule has 58 heavy (non-hydrogen) atoms. The fourth-order valence-corrected chi connectivity index (χ4v) is 5.95. The van der Waals surface area contributed by atoms with Gasteiger partial charge in [0.05, 0.1) is 31.3 Å². The van der Waals surface area contributed by atoms with E-state index in [1.807, 2.05) is 0 Å². The number of ether oxygens (including phenoxy) is 3. The number of aldehydes is 3. The number of rotatable bonds is 16. The highest BCUT2D eigenvalue weighted by atomic mass is 35.5. The largest absolute Gasteiger partial charge is 0.491 e. The van der Waals surface area contributed by atoms with Gasteiger partial charge in [0.25, 0.3) is 0 Å². The summed E-state index contributed by atoms with van der Waals surface area (Å²) < 4.78 is 29.5. The van der Waals surface area contributed by atoms with E-state index in [1.165, 1.54) is 34.1 Å². The fraction of sp³-hybridized carbons (Fsp3) is 0.325. The molecule has 16 nitrogen and oxygen atoms in total. The monoisotopic (exact) mass is 823 g/mol. The van der Waals surface area contributed by atoms with Crippen LogP contribution in [0.2, 0.25) is 5.02 Å². The van der Waals surface area contributed by atoms with Crippen molar-refractivity contribution in [3.8, 4) is 17.2 Å². The number of halogens is 2. The van der Waals surface area contributed by atoms with E-state index >= 15 is 0 Å². The molecular formula is C40H39ClFN3O13. The zero-order chi connectivity index (χ0) is 42.2. The maximum atomic E-state index is 13.5. The maximum Gasteiger partial charge on any atom is 0.229 e. The van der Waals surface area contributed by atoms with Crippen molar-refractivity contribution in [3.05, 3.63) is 87.7 Å². The lowest BCUT2D eigenvalue weighted by Crippen LogP contribution is -2.33. The number of carbonyl (C=O) groups excluding carboxylic acids is 9. The molecule has 0 aromatic heterocycles. The first kappa shape index (κ1) is 44.4. The van der Waals surface area contributed by atoms with Gasteiger partial charge in [0.1, 0.15) is 50.2 Å². The highest BCUT2D eigenvalue weighted by Crippen LogP contribution is 2.25. The van der Waals surface area contributed by atoms with Crippen LogP contribution in [0.25, 0.3) is 0 Å². The van der Waals surface area contributed by atoms with E-state index in [2.05, 4.69) is 0 Å². The van der Waals surface area contributed by atoms with Crippen molar-refractivity contribution >= 4 is 65.9 Å². The van der Waals surface area contributed by atoms with Crippen LogP contribution in [0, 0.1) is 5.82 Å². The van der Waals surface area contributed by atoms with E-state index < -0.39 is 5.82 Å². The van der Waals surface area contributed by atoms with Crippen molar-refractivity contribution in [3.63, 3.8) is 0 Å². The molecule has 0 radical (unpaired) electrons. The molecule has 0 unspecified atom stereocenters. The van der Waals surface area contributed by atoms with Crippen molar-refractivity contribution in [1.82, 2.24) is 14.7 Å². The first-order chi connectivity index (χ1) is 27.9. The topological polar surface area (TPSA) is 211 Å². The predicted molar refractivity (Wildman–Crippen MR) is 201 cm³/mol. The Balaban J connectivity index is 0.000000193. The number of benzene rings is 3. The third-order valence-corrected chi connectivity index (χ3v) is 9.05. The van der Waals surface area contributed by atoms with Crippen LogP contribution >= 0.6 is 11.6 Å². The first-order valence-corrected chi connectivity index (χ1v) is 18.3. The summed E-state index contributed by atoms with van der Waals surface area (Å²) in [5.74, 6) is -0.964. The average Bonchev–Trinajstić information content (AvgIpc) is 3.85. The van der Waals surface area contributed by atoms with Crippen LogP contribution in [0.15, 0.2) is 54.6 Å². The van der Waals surface area contributed by atoms with Gasteiger partial charge in [-0.3, -0.25) is 57.9 Å². The van der Waals surface area contributed by atoms with Gasteiger partial charge in [-0.15, -0.1) is 0 Å². The number of imide groups is 3. The van der Waals surface area contributed by atoms with Gasteiger partial charge in [0.15, 0.2) is 11.6 Å². The second-order valence-corrected chi connectivity index (χ2v) is 13.0. The number of hydrogen-bond donors (Lipinski definition) is 1. The zero-order valence-corrected chi connectivity index (χ0v) is 31.8. The predicted octanol–water partition coefficient (Wildman–Crippen LogP) is 3.37. The lowest BCUT2D eigenvalue weighted by molar-refractivity contribution is -0.140. The van der Waals surface area contributed by atoms with E-state index in [-0.39, 0.29) is 131 Å². The van der Waals surface area contributed by atoms with Crippen LogP contribution in [0.1, 0.15) is 75.2 Å². The molecule has 3 aromatic carbocycles. The van der Waals surface area contributed by atoms with Crippen LogP contribution in [-0.4, -0.2) is 114 Å². The second-order valence-electron chi connectivity index (χ2n) is 12.6. The van der Waals surface area contributed by atoms with Crippen LogP contribution < -0.4 is 14.2 Å². The highest BCUT2D eigenvalue weighted by molar-refractivity contribution is 6.32. The van der Waals surface area contributed by atoms with Crippen LogP contribution in [-0.2, 0) is 35.4 Å². The Labute approximate surface area is 336 Å². The van der Waals surface area contributed by atoms with Crippen molar-refractivity contribution < 1.29 is 66.9 Å². The van der Waals surface area contributed by atoms with Gasteiger partial charge in [-0.05, 0) is 54.6 Å². The van der Waals surface area contributed by atoms with Gasteiger partial charge >= 0.3 is 0 Å². The van der Waals surface area contributed by atoms with Crippen molar-refractivity contribution in [2.45, 2.75) is 45.1 Å². The van der Waals surface area contributed by atoms with Crippen LogP contribution in [0.4, 0.5) is 4.39 Å². The summed E-state index contributed by atoms with van der Waals surface area (Å²) in [5.41, 5.74) is 1.62. The first-order valence-electron chi connectivity index (χ1n) is 17.9. The standard InChI is InChI=1S/C14H15NO5.C13H12ClNO4.C13H12FNO4/c16-8-10-1-2-12(11(7-10)9-17)20-6-5-15-13(18)3-4-14(15)19;2*14-10-7-9(8-16)1-2-11(10)19-6-5-15-12(17)3-4-13(15)18/h1-2,7-8,17H,3-6,9H2;2*1-2,7-8H,3-6H2. The van der Waals surface area contributed by atoms with Crippen LogP contribution in [0.5, 0.6) is 17.2 Å². The number of hydrogen-bond acceptors (Lipinski definition) is 13. The Kier molecular flexibility index (Phi) is 16.7. The minimum Gasteiger partial charge on any atom is -0.491 e. The molecule has 1 N–H and O–H groups in total. The van der Waals surface area contributed by atoms with E-state index in [1.54, 1.807) is 24.3 Å². The van der Waals surface area contributed by atoms with Crippen molar-refractivity contribution in [1.29, 1.82) is 0 Å². The molecule has 3 aliphatic heterocycles. The third kappa shape index (κ3) is 12.3. The normalized spacial score (nSPS) is 14.8. The number of likely N-dealkylation sites (tertiary alicyclic amines) is 3. The third-order valence-electron chi connectivity index (χ3n) is 8.76. The van der Waals surface area contributed by atoms with Crippen LogP contribution in [0.3, 0.4) is 0 Å². The number of aliphatic hydroxyl groups is 1. The molecular weight excluding hydrogens is 785 g/mol. The van der Waals surface area contributed by atoms with Gasteiger partial charge in [-0.1, -0.05) is 11.6 Å². The summed E-state index contributed by atoms with van der Waals surface area (Å²) in [6.07, 6.45) is 3.42. The van der Waals surface area contributed by atoms with Crippen molar-refractivity contribution in [2.24, 2.45) is 0 Å². The number of nitrogens with zero attached hydrogens (tertiary/aromatic N) is 3. The lowest BCUT2D eigenvalue weighted by Gasteiger charge is -2.15. The van der Waals surface area contributed by atoms with Gasteiger partial charge in [0.2, 0.25) is 35.4 Å². The van der Waals surface area contributed by atoms with E-state index in [0.29, 0.717) is 52.1 Å². The van der Waals surface area contributed by atoms with Gasteiger partial charge in [-0.2, -0.15) is 0 Å². The Morgan fingerprint density at radius 2 is 0.879 bits per heavy atom. The minimum atomic E-state index is -0.649. The smallest absolute Gasteiger partial charge is 0.229 e.